The Morgan fingerprint density at radius 3 is 2.65 bits per heavy atom. The lowest BCUT2D eigenvalue weighted by Gasteiger charge is -2.11. The van der Waals surface area contributed by atoms with Gasteiger partial charge in [0.05, 0.1) is 11.0 Å². The summed E-state index contributed by atoms with van der Waals surface area (Å²) in [5, 5.41) is 7.54. The molecule has 0 unspecified atom stereocenters. The Morgan fingerprint density at radius 2 is 2.00 bits per heavy atom. The molecule has 2 aromatic rings. The van der Waals surface area contributed by atoms with E-state index in [1.807, 2.05) is 11.4 Å². The van der Waals surface area contributed by atoms with Gasteiger partial charge in [0.1, 0.15) is 0 Å². The van der Waals surface area contributed by atoms with E-state index in [9.17, 15) is 9.59 Å². The smallest absolute Gasteiger partial charge is 0.265 e. The second-order valence-electron chi connectivity index (χ2n) is 5.35. The molecule has 1 atom stereocenters. The third kappa shape index (κ3) is 4.18. The molecular formula is C17H18N2O3S. The van der Waals surface area contributed by atoms with Gasteiger partial charge in [0.15, 0.2) is 0 Å². The van der Waals surface area contributed by atoms with E-state index in [1.54, 1.807) is 30.3 Å². The molecule has 6 heteroatoms. The zero-order valence-electron chi connectivity index (χ0n) is 12.6. The number of nitrogens with one attached hydrogen (secondary N) is 2. The van der Waals surface area contributed by atoms with Crippen molar-refractivity contribution in [1.82, 2.24) is 5.32 Å². The summed E-state index contributed by atoms with van der Waals surface area (Å²) in [6.45, 7) is 1.31. The molecule has 0 bridgehead atoms. The highest BCUT2D eigenvalue weighted by atomic mass is 32.1. The summed E-state index contributed by atoms with van der Waals surface area (Å²) in [7, 11) is 0. The normalized spacial score (nSPS) is 17.0. The van der Waals surface area contributed by atoms with Crippen molar-refractivity contribution in [3.8, 4) is 0 Å². The zero-order chi connectivity index (χ0) is 16.1. The molecule has 1 aliphatic heterocycles. The van der Waals surface area contributed by atoms with E-state index in [-0.39, 0.29) is 17.9 Å². The summed E-state index contributed by atoms with van der Waals surface area (Å²) >= 11 is 1.39. The van der Waals surface area contributed by atoms with E-state index < -0.39 is 0 Å². The van der Waals surface area contributed by atoms with Crippen LogP contribution in [0.1, 0.15) is 32.9 Å². The van der Waals surface area contributed by atoms with Crippen molar-refractivity contribution in [2.24, 2.45) is 0 Å². The minimum absolute atomic E-state index is 0.128. The van der Waals surface area contributed by atoms with E-state index in [1.165, 1.54) is 11.3 Å². The van der Waals surface area contributed by atoms with Gasteiger partial charge >= 0.3 is 0 Å². The number of hydrogen-bond donors (Lipinski definition) is 2. The van der Waals surface area contributed by atoms with Crippen LogP contribution in [0, 0.1) is 0 Å². The first-order valence-corrected chi connectivity index (χ1v) is 8.45. The zero-order valence-corrected chi connectivity index (χ0v) is 13.4. The lowest BCUT2D eigenvalue weighted by atomic mass is 10.2. The van der Waals surface area contributed by atoms with Gasteiger partial charge in [0.2, 0.25) is 0 Å². The van der Waals surface area contributed by atoms with Gasteiger partial charge in [-0.1, -0.05) is 6.07 Å². The van der Waals surface area contributed by atoms with Crippen LogP contribution in [0.5, 0.6) is 0 Å². The fraction of sp³-hybridized carbons (Fsp3) is 0.294. The lowest BCUT2D eigenvalue weighted by Crippen LogP contribution is -2.31. The van der Waals surface area contributed by atoms with E-state index in [2.05, 4.69) is 10.6 Å². The van der Waals surface area contributed by atoms with Crippen LogP contribution in [0.3, 0.4) is 0 Å². The van der Waals surface area contributed by atoms with Crippen molar-refractivity contribution in [3.05, 3.63) is 52.2 Å². The maximum absolute atomic E-state index is 12.1. The molecule has 2 amide bonds. The van der Waals surface area contributed by atoms with Crippen LogP contribution in [-0.2, 0) is 4.74 Å². The third-order valence-corrected chi connectivity index (χ3v) is 4.53. The summed E-state index contributed by atoms with van der Waals surface area (Å²) in [5.74, 6) is -0.271. The Hall–Kier alpha value is -2.18. The first-order valence-electron chi connectivity index (χ1n) is 7.57. The number of carbonyl (C=O) groups excluding carboxylic acids is 2. The summed E-state index contributed by atoms with van der Waals surface area (Å²) in [5.41, 5.74) is 1.23. The van der Waals surface area contributed by atoms with Crippen LogP contribution in [0.25, 0.3) is 0 Å². The first kappa shape index (κ1) is 15.7. The predicted molar refractivity (Wildman–Crippen MR) is 90.0 cm³/mol. The minimum atomic E-state index is -0.143. The standard InChI is InChI=1S/C17H18N2O3S/c20-16(18-11-14-3-1-9-22-14)12-5-7-13(8-6-12)19-17(21)15-4-2-10-23-15/h2,4-8,10,14H,1,3,9,11H2,(H,18,20)(H,19,21)/t14-/m1/s1. The van der Waals surface area contributed by atoms with Gasteiger partial charge in [-0.15, -0.1) is 11.3 Å². The molecule has 0 spiro atoms. The molecule has 2 heterocycles. The van der Waals surface area contributed by atoms with Gasteiger partial charge in [0, 0.05) is 24.4 Å². The van der Waals surface area contributed by atoms with Crippen molar-refractivity contribution in [2.75, 3.05) is 18.5 Å². The van der Waals surface area contributed by atoms with Gasteiger partial charge in [0.25, 0.3) is 11.8 Å². The second-order valence-corrected chi connectivity index (χ2v) is 6.30. The highest BCUT2D eigenvalue weighted by molar-refractivity contribution is 7.12. The van der Waals surface area contributed by atoms with Crippen molar-refractivity contribution in [2.45, 2.75) is 18.9 Å². The van der Waals surface area contributed by atoms with Crippen LogP contribution in [0.4, 0.5) is 5.69 Å². The van der Waals surface area contributed by atoms with E-state index in [0.29, 0.717) is 22.7 Å². The average Bonchev–Trinajstić information content (AvgIpc) is 3.26. The van der Waals surface area contributed by atoms with Gasteiger partial charge < -0.3 is 15.4 Å². The number of ether oxygens (including phenoxy) is 1. The number of carbonyl (C=O) groups is 2. The second kappa shape index (κ2) is 7.39. The Labute approximate surface area is 138 Å². The van der Waals surface area contributed by atoms with Crippen LogP contribution >= 0.6 is 11.3 Å². The maximum Gasteiger partial charge on any atom is 0.265 e. The SMILES string of the molecule is O=C(NC[C@H]1CCCO1)c1ccc(NC(=O)c2cccs2)cc1. The van der Waals surface area contributed by atoms with Crippen LogP contribution in [0.2, 0.25) is 0 Å². The molecule has 5 nitrogen and oxygen atoms in total. The predicted octanol–water partition coefficient (Wildman–Crippen LogP) is 2.91. The molecule has 0 radical (unpaired) electrons. The highest BCUT2D eigenvalue weighted by Crippen LogP contribution is 2.15. The molecule has 1 aromatic heterocycles. The summed E-state index contributed by atoms with van der Waals surface area (Å²) < 4.78 is 5.48. The third-order valence-electron chi connectivity index (χ3n) is 3.66. The summed E-state index contributed by atoms with van der Waals surface area (Å²) in [6, 6.07) is 10.5. The lowest BCUT2D eigenvalue weighted by molar-refractivity contribution is 0.0857. The molecule has 2 N–H and O–H groups in total. The van der Waals surface area contributed by atoms with Crippen LogP contribution in [-0.4, -0.2) is 31.1 Å². The molecule has 0 saturated carbocycles. The topological polar surface area (TPSA) is 67.4 Å². The largest absolute Gasteiger partial charge is 0.376 e. The molecule has 1 aliphatic rings. The quantitative estimate of drug-likeness (QED) is 0.886. The van der Waals surface area contributed by atoms with Crippen molar-refractivity contribution >= 4 is 28.8 Å². The molecule has 3 rings (SSSR count). The van der Waals surface area contributed by atoms with Gasteiger partial charge in [-0.05, 0) is 48.6 Å². The van der Waals surface area contributed by atoms with E-state index in [0.717, 1.165) is 19.4 Å². The Morgan fingerprint density at radius 1 is 1.17 bits per heavy atom. The number of thiophene rings is 1. The van der Waals surface area contributed by atoms with Crippen LogP contribution < -0.4 is 10.6 Å². The number of benzene rings is 1. The molecule has 23 heavy (non-hydrogen) atoms. The molecule has 120 valence electrons. The molecule has 1 saturated heterocycles. The van der Waals surface area contributed by atoms with Crippen LogP contribution in [0.15, 0.2) is 41.8 Å². The van der Waals surface area contributed by atoms with Gasteiger partial charge in [-0.25, -0.2) is 0 Å². The maximum atomic E-state index is 12.1. The molecule has 1 fully saturated rings. The van der Waals surface area contributed by atoms with Gasteiger partial charge in [-0.3, -0.25) is 9.59 Å². The number of hydrogen-bond acceptors (Lipinski definition) is 4. The number of anilines is 1. The summed E-state index contributed by atoms with van der Waals surface area (Å²) in [6.07, 6.45) is 2.18. The Balaban J connectivity index is 1.53. The molecule has 1 aromatic carbocycles. The van der Waals surface area contributed by atoms with Crippen molar-refractivity contribution in [3.63, 3.8) is 0 Å². The fourth-order valence-corrected chi connectivity index (χ4v) is 3.04. The molecule has 0 aliphatic carbocycles. The minimum Gasteiger partial charge on any atom is -0.376 e. The fourth-order valence-electron chi connectivity index (χ4n) is 2.42. The van der Waals surface area contributed by atoms with Crippen molar-refractivity contribution in [1.29, 1.82) is 0 Å². The monoisotopic (exact) mass is 330 g/mol. The van der Waals surface area contributed by atoms with Crippen molar-refractivity contribution < 1.29 is 14.3 Å². The summed E-state index contributed by atoms with van der Waals surface area (Å²) in [4.78, 5) is 24.7. The number of rotatable bonds is 5. The van der Waals surface area contributed by atoms with E-state index in [4.69, 9.17) is 4.74 Å². The van der Waals surface area contributed by atoms with E-state index >= 15 is 0 Å². The van der Waals surface area contributed by atoms with Gasteiger partial charge in [-0.2, -0.15) is 0 Å². The Bertz CT molecular complexity index is 662. The average molecular weight is 330 g/mol. The number of amides is 2. The highest BCUT2D eigenvalue weighted by Gasteiger charge is 2.16. The molecular weight excluding hydrogens is 312 g/mol. The first-order chi connectivity index (χ1) is 11.2. The Kier molecular flexibility index (Phi) is 5.05.